The molecular weight excluding hydrogens is 330 g/mol. The second-order valence-corrected chi connectivity index (χ2v) is 7.43. The van der Waals surface area contributed by atoms with Crippen LogP contribution in [0.15, 0.2) is 40.7 Å². The van der Waals surface area contributed by atoms with Gasteiger partial charge in [0.2, 0.25) is 5.91 Å². The highest BCUT2D eigenvalue weighted by molar-refractivity contribution is 7.92. The van der Waals surface area contributed by atoms with Crippen molar-refractivity contribution in [1.82, 2.24) is 4.98 Å². The van der Waals surface area contributed by atoms with Crippen molar-refractivity contribution < 1.29 is 18.1 Å². The lowest BCUT2D eigenvalue weighted by Crippen LogP contribution is -2.32. The number of nitro benzene ring substituents is 1. The maximum atomic E-state index is 12.3. The van der Waals surface area contributed by atoms with Gasteiger partial charge in [-0.1, -0.05) is 0 Å². The smallest absolute Gasteiger partial charge is 0.269 e. The number of carbonyl (C=O) groups is 1. The summed E-state index contributed by atoms with van der Waals surface area (Å²) in [6, 6.07) is 4.39. The lowest BCUT2D eigenvalue weighted by Gasteiger charge is -2.12. The van der Waals surface area contributed by atoms with Gasteiger partial charge in [-0.15, -0.1) is 11.3 Å². The van der Waals surface area contributed by atoms with E-state index in [1.807, 2.05) is 0 Å². The zero-order chi connectivity index (χ0) is 16.3. The molecule has 22 heavy (non-hydrogen) atoms. The van der Waals surface area contributed by atoms with Crippen molar-refractivity contribution >= 4 is 37.9 Å². The van der Waals surface area contributed by atoms with E-state index in [0.717, 1.165) is 24.3 Å². The van der Waals surface area contributed by atoms with Crippen molar-refractivity contribution in [1.29, 1.82) is 0 Å². The van der Waals surface area contributed by atoms with Gasteiger partial charge >= 0.3 is 0 Å². The van der Waals surface area contributed by atoms with Gasteiger partial charge in [-0.25, -0.2) is 13.4 Å². The Balaban J connectivity index is 2.21. The van der Waals surface area contributed by atoms with Crippen LogP contribution in [0.4, 0.5) is 10.8 Å². The van der Waals surface area contributed by atoms with Gasteiger partial charge in [-0.2, -0.15) is 0 Å². The zero-order valence-corrected chi connectivity index (χ0v) is 12.9. The van der Waals surface area contributed by atoms with Crippen LogP contribution in [0.2, 0.25) is 0 Å². The molecule has 1 aromatic carbocycles. The highest BCUT2D eigenvalue weighted by Crippen LogP contribution is 2.21. The van der Waals surface area contributed by atoms with Crippen molar-refractivity contribution in [3.8, 4) is 0 Å². The number of rotatable bonds is 5. The van der Waals surface area contributed by atoms with E-state index in [2.05, 4.69) is 10.3 Å². The van der Waals surface area contributed by atoms with Crippen molar-refractivity contribution in [2.24, 2.45) is 0 Å². The molecule has 1 atom stereocenters. The van der Waals surface area contributed by atoms with Gasteiger partial charge in [-0.05, 0) is 19.1 Å². The maximum absolute atomic E-state index is 12.3. The number of nitrogens with zero attached hydrogens (tertiary/aromatic N) is 2. The molecule has 2 rings (SSSR count). The molecule has 0 unspecified atom stereocenters. The fourth-order valence-electron chi connectivity index (χ4n) is 1.59. The van der Waals surface area contributed by atoms with Gasteiger partial charge in [0.05, 0.1) is 9.82 Å². The Labute approximate surface area is 129 Å². The van der Waals surface area contributed by atoms with E-state index in [1.54, 1.807) is 5.38 Å². The average molecular weight is 341 g/mol. The number of aromatic nitrogens is 1. The minimum Gasteiger partial charge on any atom is -0.301 e. The number of anilines is 1. The van der Waals surface area contributed by atoms with Crippen LogP contribution in [0.1, 0.15) is 6.92 Å². The second-order valence-electron chi connectivity index (χ2n) is 4.26. The number of sulfone groups is 1. The summed E-state index contributed by atoms with van der Waals surface area (Å²) in [5.41, 5.74) is -0.223. The summed E-state index contributed by atoms with van der Waals surface area (Å²) in [5, 5.41) is 13.6. The summed E-state index contributed by atoms with van der Waals surface area (Å²) >= 11 is 1.17. The normalized spacial score (nSPS) is 12.6. The Bertz CT molecular complexity index is 785. The van der Waals surface area contributed by atoms with Crippen molar-refractivity contribution in [3.05, 3.63) is 46.0 Å². The highest BCUT2D eigenvalue weighted by atomic mass is 32.2. The van der Waals surface area contributed by atoms with E-state index in [-0.39, 0.29) is 10.6 Å². The quantitative estimate of drug-likeness (QED) is 0.654. The number of hydrogen-bond donors (Lipinski definition) is 1. The number of non-ortho nitro benzene ring substituents is 1. The molecule has 1 heterocycles. The summed E-state index contributed by atoms with van der Waals surface area (Å²) in [6.07, 6.45) is 1.48. The number of benzene rings is 1. The molecular formula is C12H11N3O5S2. The fraction of sp³-hybridized carbons (Fsp3) is 0.167. The van der Waals surface area contributed by atoms with Crippen molar-refractivity contribution in [2.45, 2.75) is 17.1 Å². The Morgan fingerprint density at radius 3 is 2.50 bits per heavy atom. The van der Waals surface area contributed by atoms with Gasteiger partial charge in [0, 0.05) is 23.7 Å². The van der Waals surface area contributed by atoms with Gasteiger partial charge in [0.15, 0.2) is 15.0 Å². The van der Waals surface area contributed by atoms with Gasteiger partial charge in [-0.3, -0.25) is 14.9 Å². The van der Waals surface area contributed by atoms with E-state index in [1.165, 1.54) is 24.5 Å². The first kappa shape index (κ1) is 16.0. The van der Waals surface area contributed by atoms with Crippen LogP contribution in [0, 0.1) is 10.1 Å². The third kappa shape index (κ3) is 3.28. The molecule has 1 N–H and O–H groups in total. The van der Waals surface area contributed by atoms with Crippen molar-refractivity contribution in [3.63, 3.8) is 0 Å². The number of carbonyl (C=O) groups excluding carboxylic acids is 1. The summed E-state index contributed by atoms with van der Waals surface area (Å²) in [7, 11) is -3.94. The highest BCUT2D eigenvalue weighted by Gasteiger charge is 2.30. The van der Waals surface area contributed by atoms with Gasteiger partial charge < -0.3 is 5.32 Å². The van der Waals surface area contributed by atoms with Crippen LogP contribution in [-0.2, 0) is 14.6 Å². The van der Waals surface area contributed by atoms with Crippen LogP contribution >= 0.6 is 11.3 Å². The first-order valence-corrected chi connectivity index (χ1v) is 8.43. The van der Waals surface area contributed by atoms with E-state index in [0.29, 0.717) is 5.13 Å². The Kier molecular flexibility index (Phi) is 4.52. The molecule has 0 spiro atoms. The monoisotopic (exact) mass is 341 g/mol. The largest absolute Gasteiger partial charge is 0.301 e. The van der Waals surface area contributed by atoms with Crippen molar-refractivity contribution in [2.75, 3.05) is 5.32 Å². The van der Waals surface area contributed by atoms with Gasteiger partial charge in [0.1, 0.15) is 5.25 Å². The molecule has 0 saturated heterocycles. The van der Waals surface area contributed by atoms with Gasteiger partial charge in [0.25, 0.3) is 5.69 Å². The lowest BCUT2D eigenvalue weighted by atomic mass is 10.3. The van der Waals surface area contributed by atoms with E-state index >= 15 is 0 Å². The second kappa shape index (κ2) is 6.20. The molecule has 0 saturated carbocycles. The molecule has 0 aliphatic carbocycles. The SMILES string of the molecule is C[C@H](C(=O)Nc1nccs1)S(=O)(=O)c1ccc([N+](=O)[O-])cc1. The third-order valence-corrected chi connectivity index (χ3v) is 5.64. The molecule has 10 heteroatoms. The fourth-order valence-corrected chi connectivity index (χ4v) is 3.39. The van der Waals surface area contributed by atoms with Crippen LogP contribution in [0.5, 0.6) is 0 Å². The molecule has 2 aromatic rings. The van der Waals surface area contributed by atoms with Crippen LogP contribution in [0.3, 0.4) is 0 Å². The maximum Gasteiger partial charge on any atom is 0.269 e. The Morgan fingerprint density at radius 1 is 1.36 bits per heavy atom. The van der Waals surface area contributed by atoms with Crippen LogP contribution in [-0.4, -0.2) is 29.5 Å². The van der Waals surface area contributed by atoms with E-state index < -0.39 is 25.9 Å². The molecule has 1 aromatic heterocycles. The first-order chi connectivity index (χ1) is 10.3. The summed E-state index contributed by atoms with van der Waals surface area (Å²) < 4.78 is 24.7. The summed E-state index contributed by atoms with van der Waals surface area (Å²) in [6.45, 7) is 1.25. The van der Waals surface area contributed by atoms with Crippen LogP contribution < -0.4 is 5.32 Å². The topological polar surface area (TPSA) is 119 Å². The molecule has 0 bridgehead atoms. The zero-order valence-electron chi connectivity index (χ0n) is 11.3. The minimum absolute atomic E-state index is 0.153. The van der Waals surface area contributed by atoms with Crippen LogP contribution in [0.25, 0.3) is 0 Å². The number of amides is 1. The number of thiazole rings is 1. The molecule has 0 fully saturated rings. The predicted octanol–water partition coefficient (Wildman–Crippen LogP) is 1.85. The van der Waals surface area contributed by atoms with E-state index in [9.17, 15) is 23.3 Å². The summed E-state index contributed by atoms with van der Waals surface area (Å²) in [4.78, 5) is 25.6. The average Bonchev–Trinajstić information content (AvgIpc) is 2.99. The Hall–Kier alpha value is -2.33. The third-order valence-electron chi connectivity index (χ3n) is 2.87. The van der Waals surface area contributed by atoms with E-state index in [4.69, 9.17) is 0 Å². The molecule has 0 radical (unpaired) electrons. The molecule has 8 nitrogen and oxygen atoms in total. The molecule has 1 amide bonds. The summed E-state index contributed by atoms with van der Waals surface area (Å²) in [5.74, 6) is -0.715. The molecule has 0 aliphatic heterocycles. The lowest BCUT2D eigenvalue weighted by molar-refractivity contribution is -0.384. The number of nitrogens with one attached hydrogen (secondary N) is 1. The Morgan fingerprint density at radius 2 is 2.00 bits per heavy atom. The minimum atomic E-state index is -3.94. The first-order valence-electron chi connectivity index (χ1n) is 6.01. The number of hydrogen-bond acceptors (Lipinski definition) is 7. The molecule has 0 aliphatic rings. The molecule has 116 valence electrons. The predicted molar refractivity (Wildman–Crippen MR) is 80.5 cm³/mol. The standard InChI is InChI=1S/C12H11N3O5S2/c1-8(11(16)14-12-13-6-7-21-12)22(19,20)10-4-2-9(3-5-10)15(17)18/h2-8H,1H3,(H,13,14,16)/t8-/m1/s1. The number of nitro groups is 1.